The van der Waals surface area contributed by atoms with Crippen molar-refractivity contribution >= 4 is 28.7 Å². The van der Waals surface area contributed by atoms with Crippen LogP contribution in [-0.4, -0.2) is 41.1 Å². The van der Waals surface area contributed by atoms with Gasteiger partial charge in [0.05, 0.1) is 6.33 Å². The zero-order valence-corrected chi connectivity index (χ0v) is 16.2. The third-order valence-electron chi connectivity index (χ3n) is 4.44. The molecule has 0 amide bonds. The molecule has 9 heteroatoms. The van der Waals surface area contributed by atoms with Gasteiger partial charge in [0.25, 0.3) is 0 Å². The standard InChI is InChI=1S/C20H22N8O/c1-13(2)28-12-24-17-18(22-10-7-14-3-5-15(29)6-4-14)26-20(27-19(17)28)25-16-8-9-21-11-23-16/h3-6,8-9,11-13,29H,7,10H2,1-2H3,(H2,21,22,23,25,26,27). The highest BCUT2D eigenvalue weighted by Crippen LogP contribution is 2.24. The van der Waals surface area contributed by atoms with Crippen molar-refractivity contribution in [2.45, 2.75) is 26.3 Å². The SMILES string of the molecule is CC(C)n1cnc2c(NCCc3ccc(O)cc3)nc(Nc3ccncn3)nc21. The molecular formula is C20H22N8O. The van der Waals surface area contributed by atoms with Gasteiger partial charge in [0.2, 0.25) is 5.95 Å². The van der Waals surface area contributed by atoms with E-state index in [9.17, 15) is 5.11 Å². The summed E-state index contributed by atoms with van der Waals surface area (Å²) in [6.07, 6.45) is 5.69. The van der Waals surface area contributed by atoms with E-state index in [-0.39, 0.29) is 11.8 Å². The van der Waals surface area contributed by atoms with Crippen molar-refractivity contribution in [3.8, 4) is 5.75 Å². The average Bonchev–Trinajstić information content (AvgIpc) is 3.15. The second kappa shape index (κ2) is 8.09. The molecule has 4 rings (SSSR count). The maximum absolute atomic E-state index is 9.42. The van der Waals surface area contributed by atoms with Crippen molar-refractivity contribution in [2.75, 3.05) is 17.2 Å². The Bertz CT molecular complexity index is 1090. The van der Waals surface area contributed by atoms with E-state index in [1.54, 1.807) is 30.7 Å². The zero-order chi connectivity index (χ0) is 20.2. The lowest BCUT2D eigenvalue weighted by molar-refractivity contribution is 0.475. The Morgan fingerprint density at radius 2 is 1.90 bits per heavy atom. The van der Waals surface area contributed by atoms with Gasteiger partial charge in [-0.2, -0.15) is 9.97 Å². The van der Waals surface area contributed by atoms with Crippen LogP contribution in [0.2, 0.25) is 0 Å². The lowest BCUT2D eigenvalue weighted by Crippen LogP contribution is -2.10. The minimum atomic E-state index is 0.214. The Kier molecular flexibility index (Phi) is 5.19. The van der Waals surface area contributed by atoms with Gasteiger partial charge in [-0.3, -0.25) is 0 Å². The second-order valence-electron chi connectivity index (χ2n) is 6.88. The van der Waals surface area contributed by atoms with Crippen LogP contribution in [0, 0.1) is 0 Å². The molecule has 3 heterocycles. The minimum Gasteiger partial charge on any atom is -0.508 e. The van der Waals surface area contributed by atoms with Gasteiger partial charge in [0, 0.05) is 18.8 Å². The molecule has 148 valence electrons. The van der Waals surface area contributed by atoms with Crippen LogP contribution < -0.4 is 10.6 Å². The van der Waals surface area contributed by atoms with Crippen LogP contribution in [0.25, 0.3) is 11.2 Å². The Morgan fingerprint density at radius 1 is 1.07 bits per heavy atom. The first-order valence-electron chi connectivity index (χ1n) is 9.39. The van der Waals surface area contributed by atoms with Crippen molar-refractivity contribution in [1.29, 1.82) is 0 Å². The molecule has 1 aromatic carbocycles. The summed E-state index contributed by atoms with van der Waals surface area (Å²) in [6.45, 7) is 4.83. The number of fused-ring (bicyclic) bond motifs is 1. The summed E-state index contributed by atoms with van der Waals surface area (Å²) in [5, 5.41) is 15.9. The largest absolute Gasteiger partial charge is 0.508 e. The van der Waals surface area contributed by atoms with Gasteiger partial charge in [-0.25, -0.2) is 15.0 Å². The lowest BCUT2D eigenvalue weighted by atomic mass is 10.1. The maximum Gasteiger partial charge on any atom is 0.232 e. The van der Waals surface area contributed by atoms with Gasteiger partial charge in [-0.15, -0.1) is 0 Å². The molecule has 9 nitrogen and oxygen atoms in total. The number of phenols is 1. The predicted molar refractivity (Wildman–Crippen MR) is 111 cm³/mol. The third kappa shape index (κ3) is 4.23. The highest BCUT2D eigenvalue weighted by Gasteiger charge is 2.15. The highest BCUT2D eigenvalue weighted by molar-refractivity contribution is 5.84. The first kappa shape index (κ1) is 18.6. The minimum absolute atomic E-state index is 0.214. The molecule has 0 bridgehead atoms. The van der Waals surface area contributed by atoms with Crippen molar-refractivity contribution < 1.29 is 5.11 Å². The average molecular weight is 390 g/mol. The molecule has 4 aromatic rings. The molecule has 3 aromatic heterocycles. The molecule has 0 radical (unpaired) electrons. The van der Waals surface area contributed by atoms with E-state index in [2.05, 4.69) is 49.4 Å². The molecule has 0 aliphatic rings. The topological polar surface area (TPSA) is 114 Å². The van der Waals surface area contributed by atoms with E-state index in [4.69, 9.17) is 0 Å². The van der Waals surface area contributed by atoms with E-state index < -0.39 is 0 Å². The van der Waals surface area contributed by atoms with Crippen LogP contribution in [-0.2, 0) is 6.42 Å². The molecule has 0 spiro atoms. The van der Waals surface area contributed by atoms with Crippen LogP contribution in [0.15, 0.2) is 49.2 Å². The number of anilines is 3. The molecule has 29 heavy (non-hydrogen) atoms. The van der Waals surface area contributed by atoms with Crippen LogP contribution in [0.4, 0.5) is 17.6 Å². The molecule has 0 unspecified atom stereocenters. The fourth-order valence-electron chi connectivity index (χ4n) is 2.94. The Labute approximate surface area is 167 Å². The number of nitrogens with one attached hydrogen (secondary N) is 2. The van der Waals surface area contributed by atoms with Crippen molar-refractivity contribution in [3.05, 3.63) is 54.7 Å². The number of nitrogens with zero attached hydrogens (tertiary/aromatic N) is 6. The number of imidazole rings is 1. The number of aromatic hydroxyl groups is 1. The fourth-order valence-corrected chi connectivity index (χ4v) is 2.94. The van der Waals surface area contributed by atoms with Gasteiger partial charge in [0.1, 0.15) is 17.9 Å². The smallest absolute Gasteiger partial charge is 0.232 e. The molecule has 0 fully saturated rings. The van der Waals surface area contributed by atoms with E-state index in [1.807, 2.05) is 16.7 Å². The van der Waals surface area contributed by atoms with E-state index in [0.717, 1.165) is 23.1 Å². The number of benzene rings is 1. The quantitative estimate of drug-likeness (QED) is 0.440. The van der Waals surface area contributed by atoms with Gasteiger partial charge < -0.3 is 20.3 Å². The van der Waals surface area contributed by atoms with Crippen LogP contribution >= 0.6 is 0 Å². The van der Waals surface area contributed by atoms with Crippen LogP contribution in [0.3, 0.4) is 0 Å². The number of phenolic OH excluding ortho intramolecular Hbond substituents is 1. The molecular weight excluding hydrogens is 368 g/mol. The number of hydrogen-bond acceptors (Lipinski definition) is 8. The second-order valence-corrected chi connectivity index (χ2v) is 6.88. The fraction of sp³-hybridized carbons (Fsp3) is 0.250. The van der Waals surface area contributed by atoms with Crippen molar-refractivity contribution in [2.24, 2.45) is 0 Å². The normalized spacial score (nSPS) is 11.1. The lowest BCUT2D eigenvalue weighted by Gasteiger charge is -2.12. The monoisotopic (exact) mass is 390 g/mol. The third-order valence-corrected chi connectivity index (χ3v) is 4.44. The zero-order valence-electron chi connectivity index (χ0n) is 16.2. The van der Waals surface area contributed by atoms with Crippen LogP contribution in [0.5, 0.6) is 5.75 Å². The van der Waals surface area contributed by atoms with Crippen molar-refractivity contribution in [1.82, 2.24) is 29.5 Å². The predicted octanol–water partition coefficient (Wildman–Crippen LogP) is 3.30. The molecule has 0 aliphatic heterocycles. The molecule has 0 atom stereocenters. The van der Waals surface area contributed by atoms with E-state index in [1.165, 1.54) is 6.33 Å². The Balaban J connectivity index is 1.61. The first-order chi connectivity index (χ1) is 14.1. The number of hydrogen-bond donors (Lipinski definition) is 3. The first-order valence-corrected chi connectivity index (χ1v) is 9.39. The molecule has 0 saturated heterocycles. The Hall–Kier alpha value is -3.75. The van der Waals surface area contributed by atoms with Gasteiger partial charge >= 0.3 is 0 Å². The Morgan fingerprint density at radius 3 is 2.62 bits per heavy atom. The summed E-state index contributed by atoms with van der Waals surface area (Å²) in [7, 11) is 0. The summed E-state index contributed by atoms with van der Waals surface area (Å²) in [4.78, 5) is 21.9. The number of aromatic nitrogens is 6. The van der Waals surface area contributed by atoms with Gasteiger partial charge in [-0.1, -0.05) is 12.1 Å². The van der Waals surface area contributed by atoms with Gasteiger partial charge in [-0.05, 0) is 44.0 Å². The van der Waals surface area contributed by atoms with E-state index >= 15 is 0 Å². The summed E-state index contributed by atoms with van der Waals surface area (Å²) >= 11 is 0. The van der Waals surface area contributed by atoms with Crippen molar-refractivity contribution in [3.63, 3.8) is 0 Å². The summed E-state index contributed by atoms with van der Waals surface area (Å²) < 4.78 is 2.01. The van der Waals surface area contributed by atoms with Crippen LogP contribution in [0.1, 0.15) is 25.5 Å². The molecule has 3 N–H and O–H groups in total. The highest BCUT2D eigenvalue weighted by atomic mass is 16.3. The molecule has 0 saturated carbocycles. The van der Waals surface area contributed by atoms with Gasteiger partial charge in [0.15, 0.2) is 17.0 Å². The summed E-state index contributed by atoms with van der Waals surface area (Å²) in [6, 6.07) is 9.15. The van der Waals surface area contributed by atoms with E-state index in [0.29, 0.717) is 24.1 Å². The summed E-state index contributed by atoms with van der Waals surface area (Å²) in [5.74, 6) is 1.97. The molecule has 0 aliphatic carbocycles. The maximum atomic E-state index is 9.42. The summed E-state index contributed by atoms with van der Waals surface area (Å²) in [5.41, 5.74) is 2.59. The number of rotatable bonds is 7.